The van der Waals surface area contributed by atoms with Gasteiger partial charge < -0.3 is 9.64 Å². The van der Waals surface area contributed by atoms with Crippen LogP contribution in [0.2, 0.25) is 0 Å². The summed E-state index contributed by atoms with van der Waals surface area (Å²) in [7, 11) is 0. The van der Waals surface area contributed by atoms with Crippen molar-refractivity contribution in [3.63, 3.8) is 0 Å². The second-order valence-corrected chi connectivity index (χ2v) is 9.57. The molecule has 1 spiro atoms. The lowest BCUT2D eigenvalue weighted by Crippen LogP contribution is -2.60. The molecule has 0 saturated carbocycles. The molecule has 2 atom stereocenters. The number of alkyl halides is 3. The van der Waals surface area contributed by atoms with Crippen molar-refractivity contribution in [1.29, 1.82) is 0 Å². The summed E-state index contributed by atoms with van der Waals surface area (Å²) < 4.78 is 51.4. The number of hydrogen-bond donors (Lipinski definition) is 0. The van der Waals surface area contributed by atoms with E-state index in [1.54, 1.807) is 54.6 Å². The van der Waals surface area contributed by atoms with Crippen molar-refractivity contribution in [1.82, 2.24) is 0 Å². The summed E-state index contributed by atoms with van der Waals surface area (Å²) in [6.45, 7) is 0.0630. The van der Waals surface area contributed by atoms with Gasteiger partial charge in [0, 0.05) is 11.3 Å². The number of nitrogens with zero attached hydrogens (tertiary/aromatic N) is 1. The van der Waals surface area contributed by atoms with Crippen LogP contribution in [0.15, 0.2) is 109 Å². The number of cyclic esters (lactones) is 1. The molecule has 2 heterocycles. The second kappa shape index (κ2) is 8.58. The fourth-order valence-corrected chi connectivity index (χ4v) is 5.89. The number of ether oxygens (including phenoxy) is 1. The molecule has 4 aromatic rings. The van der Waals surface area contributed by atoms with Crippen molar-refractivity contribution in [2.45, 2.75) is 30.2 Å². The van der Waals surface area contributed by atoms with Crippen LogP contribution in [-0.4, -0.2) is 18.1 Å². The normalized spacial score (nSPS) is 22.6. The van der Waals surface area contributed by atoms with Gasteiger partial charge in [-0.15, -0.1) is 0 Å². The monoisotopic (exact) mass is 513 g/mol. The predicted octanol–water partition coefficient (Wildman–Crippen LogP) is 6.54. The van der Waals surface area contributed by atoms with Gasteiger partial charge in [-0.05, 0) is 28.3 Å². The van der Waals surface area contributed by atoms with Crippen molar-refractivity contribution < 1.29 is 27.5 Å². The smallest absolute Gasteiger partial charge is 0.434 e. The molecule has 6 rings (SSSR count). The Kier molecular flexibility index (Phi) is 5.42. The first-order valence-electron chi connectivity index (χ1n) is 12.2. The fraction of sp³-hybridized carbons (Fsp3) is 0.161. The number of hydrogen-bond acceptors (Lipinski definition) is 3. The van der Waals surface area contributed by atoms with Crippen molar-refractivity contribution >= 4 is 17.6 Å². The number of halogens is 3. The first-order valence-corrected chi connectivity index (χ1v) is 12.2. The highest BCUT2D eigenvalue weighted by atomic mass is 19.4. The third kappa shape index (κ3) is 3.31. The van der Waals surface area contributed by atoms with Gasteiger partial charge in [0.15, 0.2) is 0 Å². The predicted molar refractivity (Wildman–Crippen MR) is 136 cm³/mol. The Morgan fingerprint density at radius 3 is 1.97 bits per heavy atom. The van der Waals surface area contributed by atoms with Gasteiger partial charge in [0.2, 0.25) is 5.91 Å². The lowest BCUT2D eigenvalue weighted by Gasteiger charge is -2.41. The number of esters is 1. The van der Waals surface area contributed by atoms with E-state index in [0.717, 1.165) is 11.1 Å². The summed E-state index contributed by atoms with van der Waals surface area (Å²) in [5.74, 6) is -1.88. The molecule has 1 saturated heterocycles. The maximum Gasteiger partial charge on any atom is 0.434 e. The average Bonchev–Trinajstić information content (AvgIpc) is 3.38. The Bertz CT molecular complexity index is 1520. The molecule has 0 N–H and O–H groups in total. The molecule has 2 aliphatic heterocycles. The van der Waals surface area contributed by atoms with Crippen LogP contribution in [0.25, 0.3) is 11.1 Å². The molecule has 1 amide bonds. The van der Waals surface area contributed by atoms with Gasteiger partial charge in [-0.25, -0.2) is 0 Å². The van der Waals surface area contributed by atoms with Crippen LogP contribution < -0.4 is 4.90 Å². The third-order valence-corrected chi connectivity index (χ3v) is 7.52. The number of para-hydroxylation sites is 1. The molecule has 0 aliphatic carbocycles. The summed E-state index contributed by atoms with van der Waals surface area (Å²) in [4.78, 5) is 28.4. The Morgan fingerprint density at radius 1 is 0.737 bits per heavy atom. The summed E-state index contributed by atoms with van der Waals surface area (Å²) in [5.41, 5.74) is -3.02. The molecule has 2 aliphatic rings. The minimum Gasteiger partial charge on any atom is -0.443 e. The van der Waals surface area contributed by atoms with Gasteiger partial charge >= 0.3 is 12.1 Å². The summed E-state index contributed by atoms with van der Waals surface area (Å²) in [6, 6.07) is 30.4. The average molecular weight is 514 g/mol. The number of anilines is 1. The first kappa shape index (κ1) is 24.0. The summed E-state index contributed by atoms with van der Waals surface area (Å²) in [6.07, 6.45) is -5.80. The Morgan fingerprint density at radius 2 is 1.32 bits per heavy atom. The molecule has 4 nitrogen and oxygen atoms in total. The zero-order chi connectivity index (χ0) is 26.5. The number of amides is 1. The van der Waals surface area contributed by atoms with E-state index in [4.69, 9.17) is 4.74 Å². The van der Waals surface area contributed by atoms with Gasteiger partial charge in [0.25, 0.3) is 5.60 Å². The highest BCUT2D eigenvalue weighted by Crippen LogP contribution is 2.64. The third-order valence-electron chi connectivity index (χ3n) is 7.52. The molecule has 1 fully saturated rings. The van der Waals surface area contributed by atoms with E-state index in [1.807, 2.05) is 36.4 Å². The van der Waals surface area contributed by atoms with E-state index in [1.165, 1.54) is 23.1 Å². The van der Waals surface area contributed by atoms with E-state index >= 15 is 13.2 Å². The quantitative estimate of drug-likeness (QED) is 0.291. The van der Waals surface area contributed by atoms with Gasteiger partial charge in [0.1, 0.15) is 5.41 Å². The number of rotatable bonds is 4. The maximum absolute atomic E-state index is 15.4. The highest BCUT2D eigenvalue weighted by Gasteiger charge is 2.80. The Labute approximate surface area is 217 Å². The molecule has 0 bridgehead atoms. The number of benzene rings is 4. The van der Waals surface area contributed by atoms with Crippen LogP contribution in [0.3, 0.4) is 0 Å². The largest absolute Gasteiger partial charge is 0.443 e. The van der Waals surface area contributed by atoms with Crippen molar-refractivity contribution in [2.24, 2.45) is 0 Å². The number of fused-ring (bicyclic) bond motifs is 2. The van der Waals surface area contributed by atoms with Crippen LogP contribution >= 0.6 is 0 Å². The molecule has 4 aromatic carbocycles. The zero-order valence-corrected chi connectivity index (χ0v) is 20.1. The fourth-order valence-electron chi connectivity index (χ4n) is 5.89. The zero-order valence-electron chi connectivity index (χ0n) is 20.1. The van der Waals surface area contributed by atoms with E-state index in [2.05, 4.69) is 0 Å². The van der Waals surface area contributed by atoms with Crippen LogP contribution in [0, 0.1) is 0 Å². The van der Waals surface area contributed by atoms with Crippen LogP contribution in [0.5, 0.6) is 0 Å². The number of carbonyl (C=O) groups excluding carboxylic acids is 2. The minimum atomic E-state index is -5.08. The molecular weight excluding hydrogens is 491 g/mol. The molecule has 0 unspecified atom stereocenters. The number of carbonyl (C=O) groups is 2. The van der Waals surface area contributed by atoms with Crippen molar-refractivity contribution in [3.8, 4) is 11.1 Å². The van der Waals surface area contributed by atoms with Crippen molar-refractivity contribution in [3.05, 3.63) is 126 Å². The van der Waals surface area contributed by atoms with Gasteiger partial charge in [-0.1, -0.05) is 103 Å². The maximum atomic E-state index is 15.4. The van der Waals surface area contributed by atoms with Crippen LogP contribution in [-0.2, 0) is 31.9 Å². The van der Waals surface area contributed by atoms with Crippen LogP contribution in [0.1, 0.15) is 23.1 Å². The Balaban J connectivity index is 1.55. The lowest BCUT2D eigenvalue weighted by atomic mass is 9.64. The Hall–Kier alpha value is -4.39. The molecule has 0 radical (unpaired) electrons. The SMILES string of the molecule is O=C1C[C@]2(C(=O)N(Cc3ccccc3)c3ccccc32)[C@@](c2ccc(-c3ccccc3)cc2)(C(F)(F)F)O1. The van der Waals surface area contributed by atoms with Crippen LogP contribution in [0.4, 0.5) is 18.9 Å². The molecule has 7 heteroatoms. The van der Waals surface area contributed by atoms with Gasteiger partial charge in [-0.3, -0.25) is 9.59 Å². The summed E-state index contributed by atoms with van der Waals surface area (Å²) in [5, 5.41) is 0. The molecular formula is C31H22F3NO3. The van der Waals surface area contributed by atoms with E-state index in [0.29, 0.717) is 11.3 Å². The van der Waals surface area contributed by atoms with E-state index < -0.39 is 35.5 Å². The van der Waals surface area contributed by atoms with E-state index in [-0.39, 0.29) is 17.7 Å². The molecule has 38 heavy (non-hydrogen) atoms. The standard InChI is InChI=1S/C31H22F3NO3/c32-31(33,34)30(24-17-15-23(16-18-24)22-11-5-2-6-12-22)29(19-27(36)38-30)25-13-7-8-14-26(25)35(28(29)37)20-21-9-3-1-4-10-21/h1-18H,19-20H2/t29-,30-/m0/s1. The van der Waals surface area contributed by atoms with E-state index in [9.17, 15) is 9.59 Å². The first-order chi connectivity index (χ1) is 18.3. The minimum absolute atomic E-state index is 0.0630. The van der Waals surface area contributed by atoms with Gasteiger partial charge in [0.05, 0.1) is 13.0 Å². The van der Waals surface area contributed by atoms with Crippen molar-refractivity contribution in [2.75, 3.05) is 4.90 Å². The topological polar surface area (TPSA) is 46.6 Å². The lowest BCUT2D eigenvalue weighted by molar-refractivity contribution is -0.279. The molecule has 0 aromatic heterocycles. The highest BCUT2D eigenvalue weighted by molar-refractivity contribution is 6.12. The second-order valence-electron chi connectivity index (χ2n) is 9.57. The van der Waals surface area contributed by atoms with Gasteiger partial charge in [-0.2, -0.15) is 13.2 Å². The summed E-state index contributed by atoms with van der Waals surface area (Å²) >= 11 is 0. The molecule has 190 valence electrons.